The van der Waals surface area contributed by atoms with E-state index < -0.39 is 0 Å². The maximum atomic E-state index is 11.9. The van der Waals surface area contributed by atoms with Gasteiger partial charge in [-0.05, 0) is 40.5 Å². The molecule has 1 N–H and O–H groups in total. The maximum Gasteiger partial charge on any atom is 0.341 e. The monoisotopic (exact) mass is 329 g/mol. The van der Waals surface area contributed by atoms with Gasteiger partial charge >= 0.3 is 5.97 Å². The highest BCUT2D eigenvalue weighted by Gasteiger charge is 2.31. The zero-order chi connectivity index (χ0) is 17.3. The SMILES string of the molecule is CCOC(=O)c1cnc(N2CCCC2c2nc(C)c(C)[nH]2)nc1C. The number of carbonyl (C=O) groups excluding carboxylic acids is 1. The van der Waals surface area contributed by atoms with E-state index in [1.807, 2.05) is 20.8 Å². The highest BCUT2D eigenvalue weighted by Crippen LogP contribution is 2.33. The number of rotatable bonds is 4. The molecule has 1 fully saturated rings. The molecule has 3 heterocycles. The van der Waals surface area contributed by atoms with E-state index in [9.17, 15) is 4.79 Å². The summed E-state index contributed by atoms with van der Waals surface area (Å²) in [7, 11) is 0. The number of nitrogens with one attached hydrogen (secondary N) is 1. The van der Waals surface area contributed by atoms with Crippen molar-refractivity contribution in [2.75, 3.05) is 18.1 Å². The van der Waals surface area contributed by atoms with Crippen LogP contribution in [0.15, 0.2) is 6.20 Å². The standard InChI is InChI=1S/C17H23N5O2/c1-5-24-16(23)13-9-18-17(21-12(13)4)22-8-6-7-14(22)15-19-10(2)11(3)20-15/h9,14H,5-8H2,1-4H3,(H,19,20). The Hall–Kier alpha value is -2.44. The first-order valence-corrected chi connectivity index (χ1v) is 8.31. The topological polar surface area (TPSA) is 84.0 Å². The van der Waals surface area contributed by atoms with Crippen molar-refractivity contribution in [2.24, 2.45) is 0 Å². The fourth-order valence-electron chi connectivity index (χ4n) is 3.03. The molecule has 1 atom stereocenters. The molecule has 24 heavy (non-hydrogen) atoms. The molecule has 0 aromatic carbocycles. The number of hydrogen-bond donors (Lipinski definition) is 1. The molecular weight excluding hydrogens is 306 g/mol. The third-order valence-electron chi connectivity index (χ3n) is 4.43. The van der Waals surface area contributed by atoms with Crippen molar-refractivity contribution in [1.82, 2.24) is 19.9 Å². The van der Waals surface area contributed by atoms with Gasteiger partial charge in [0.1, 0.15) is 5.82 Å². The van der Waals surface area contributed by atoms with Crippen molar-refractivity contribution in [3.8, 4) is 0 Å². The Labute approximate surface area is 141 Å². The molecule has 0 aliphatic carbocycles. The molecule has 0 spiro atoms. The molecule has 3 rings (SSSR count). The Morgan fingerprint density at radius 1 is 1.33 bits per heavy atom. The van der Waals surface area contributed by atoms with Crippen molar-refractivity contribution < 1.29 is 9.53 Å². The molecule has 0 radical (unpaired) electrons. The van der Waals surface area contributed by atoms with Crippen LogP contribution in [0.4, 0.5) is 5.95 Å². The Morgan fingerprint density at radius 2 is 2.12 bits per heavy atom. The molecule has 128 valence electrons. The quantitative estimate of drug-likeness (QED) is 0.868. The summed E-state index contributed by atoms with van der Waals surface area (Å²) < 4.78 is 5.03. The van der Waals surface area contributed by atoms with Gasteiger partial charge < -0.3 is 14.6 Å². The van der Waals surface area contributed by atoms with Crippen LogP contribution in [0.5, 0.6) is 0 Å². The summed E-state index contributed by atoms with van der Waals surface area (Å²) in [6, 6.07) is 0.144. The smallest absolute Gasteiger partial charge is 0.341 e. The Bertz CT molecular complexity index is 736. The number of nitrogens with zero attached hydrogens (tertiary/aromatic N) is 4. The van der Waals surface area contributed by atoms with Crippen LogP contribution in [-0.4, -0.2) is 39.1 Å². The number of aromatic amines is 1. The van der Waals surface area contributed by atoms with Crippen molar-refractivity contribution in [1.29, 1.82) is 0 Å². The molecule has 0 saturated carbocycles. The molecule has 0 amide bonds. The molecule has 1 unspecified atom stereocenters. The van der Waals surface area contributed by atoms with E-state index in [4.69, 9.17) is 4.74 Å². The summed E-state index contributed by atoms with van der Waals surface area (Å²) in [6.07, 6.45) is 3.63. The van der Waals surface area contributed by atoms with Gasteiger partial charge in [-0.25, -0.2) is 19.7 Å². The Kier molecular flexibility index (Phi) is 4.51. The minimum atomic E-state index is -0.378. The van der Waals surface area contributed by atoms with Gasteiger partial charge in [-0.2, -0.15) is 0 Å². The summed E-state index contributed by atoms with van der Waals surface area (Å²) >= 11 is 0. The molecule has 7 nitrogen and oxygen atoms in total. The van der Waals surface area contributed by atoms with E-state index in [1.165, 1.54) is 0 Å². The summed E-state index contributed by atoms with van der Waals surface area (Å²) in [4.78, 5) is 31.0. The first-order valence-electron chi connectivity index (χ1n) is 8.31. The lowest BCUT2D eigenvalue weighted by molar-refractivity contribution is 0.0524. The third kappa shape index (κ3) is 2.98. The number of esters is 1. The molecular formula is C17H23N5O2. The largest absolute Gasteiger partial charge is 0.462 e. The zero-order valence-corrected chi connectivity index (χ0v) is 14.6. The molecule has 1 saturated heterocycles. The van der Waals surface area contributed by atoms with Crippen LogP contribution >= 0.6 is 0 Å². The van der Waals surface area contributed by atoms with Crippen LogP contribution in [0.2, 0.25) is 0 Å². The number of imidazole rings is 1. The van der Waals surface area contributed by atoms with E-state index in [0.29, 0.717) is 23.8 Å². The molecule has 1 aliphatic heterocycles. The van der Waals surface area contributed by atoms with Gasteiger partial charge in [0.2, 0.25) is 5.95 Å². The van der Waals surface area contributed by atoms with E-state index >= 15 is 0 Å². The third-order valence-corrected chi connectivity index (χ3v) is 4.43. The van der Waals surface area contributed by atoms with Crippen LogP contribution in [0.1, 0.15) is 59.1 Å². The maximum absolute atomic E-state index is 11.9. The number of ether oxygens (including phenoxy) is 1. The highest BCUT2D eigenvalue weighted by molar-refractivity contribution is 5.90. The van der Waals surface area contributed by atoms with Gasteiger partial charge in [-0.15, -0.1) is 0 Å². The normalized spacial score (nSPS) is 17.3. The second-order valence-electron chi connectivity index (χ2n) is 6.07. The Balaban J connectivity index is 1.87. The minimum absolute atomic E-state index is 0.144. The van der Waals surface area contributed by atoms with Gasteiger partial charge in [0.25, 0.3) is 0 Å². The molecule has 2 aromatic heterocycles. The first-order chi connectivity index (χ1) is 11.5. The number of carbonyl (C=O) groups is 1. The van der Waals surface area contributed by atoms with Crippen LogP contribution < -0.4 is 4.90 Å². The molecule has 1 aliphatic rings. The molecule has 0 bridgehead atoms. The lowest BCUT2D eigenvalue weighted by Crippen LogP contribution is -2.26. The average molecular weight is 329 g/mol. The number of aryl methyl sites for hydroxylation is 3. The van der Waals surface area contributed by atoms with E-state index in [0.717, 1.165) is 36.6 Å². The van der Waals surface area contributed by atoms with Crippen molar-refractivity contribution in [3.63, 3.8) is 0 Å². The summed E-state index contributed by atoms with van der Waals surface area (Å²) in [6.45, 7) is 8.84. The fraction of sp³-hybridized carbons (Fsp3) is 0.529. The summed E-state index contributed by atoms with van der Waals surface area (Å²) in [5.41, 5.74) is 3.16. The van der Waals surface area contributed by atoms with Crippen LogP contribution in [-0.2, 0) is 4.74 Å². The van der Waals surface area contributed by atoms with Gasteiger partial charge in [-0.1, -0.05) is 0 Å². The predicted octanol–water partition coefficient (Wildman–Crippen LogP) is 2.64. The van der Waals surface area contributed by atoms with Crippen molar-refractivity contribution in [2.45, 2.75) is 46.6 Å². The second kappa shape index (κ2) is 6.59. The van der Waals surface area contributed by atoms with E-state index in [-0.39, 0.29) is 12.0 Å². The van der Waals surface area contributed by atoms with Crippen LogP contribution in [0.25, 0.3) is 0 Å². The zero-order valence-electron chi connectivity index (χ0n) is 14.6. The molecule has 7 heteroatoms. The number of hydrogen-bond acceptors (Lipinski definition) is 6. The van der Waals surface area contributed by atoms with Crippen molar-refractivity contribution in [3.05, 3.63) is 34.7 Å². The number of H-pyrrole nitrogens is 1. The van der Waals surface area contributed by atoms with Crippen molar-refractivity contribution >= 4 is 11.9 Å². The minimum Gasteiger partial charge on any atom is -0.462 e. The molecule has 2 aromatic rings. The number of anilines is 1. The second-order valence-corrected chi connectivity index (χ2v) is 6.07. The lowest BCUT2D eigenvalue weighted by atomic mass is 10.2. The summed E-state index contributed by atoms with van der Waals surface area (Å²) in [5.74, 6) is 1.21. The van der Waals surface area contributed by atoms with Gasteiger partial charge in [0, 0.05) is 18.4 Å². The van der Waals surface area contributed by atoms with E-state index in [1.54, 1.807) is 13.1 Å². The van der Waals surface area contributed by atoms with E-state index in [2.05, 4.69) is 24.8 Å². The van der Waals surface area contributed by atoms with Crippen LogP contribution in [0.3, 0.4) is 0 Å². The van der Waals surface area contributed by atoms with Gasteiger partial charge in [0.15, 0.2) is 0 Å². The van der Waals surface area contributed by atoms with Gasteiger partial charge in [0.05, 0.1) is 29.6 Å². The Morgan fingerprint density at radius 3 is 2.75 bits per heavy atom. The first kappa shape index (κ1) is 16.4. The fourth-order valence-corrected chi connectivity index (χ4v) is 3.03. The average Bonchev–Trinajstić information content (AvgIpc) is 3.14. The lowest BCUT2D eigenvalue weighted by Gasteiger charge is -2.23. The van der Waals surface area contributed by atoms with Gasteiger partial charge in [-0.3, -0.25) is 0 Å². The highest BCUT2D eigenvalue weighted by atomic mass is 16.5. The summed E-state index contributed by atoms with van der Waals surface area (Å²) in [5, 5.41) is 0. The predicted molar refractivity (Wildman–Crippen MR) is 90.1 cm³/mol. The van der Waals surface area contributed by atoms with Crippen LogP contribution in [0, 0.1) is 20.8 Å². The number of aromatic nitrogens is 4.